The minimum Gasteiger partial charge on any atom is -0.282 e. The molecule has 0 unspecified atom stereocenters. The molecule has 0 spiro atoms. The molecule has 24 heavy (non-hydrogen) atoms. The molecule has 1 heterocycles. The summed E-state index contributed by atoms with van der Waals surface area (Å²) >= 11 is 0.534. The highest BCUT2D eigenvalue weighted by Crippen LogP contribution is 2.49. The molecule has 3 rings (SSSR count). The van der Waals surface area contributed by atoms with Crippen molar-refractivity contribution in [3.8, 4) is 0 Å². The van der Waals surface area contributed by atoms with E-state index in [1.54, 1.807) is 0 Å². The molecule has 2 N–H and O–H groups in total. The lowest BCUT2D eigenvalue weighted by atomic mass is 10.3. The molecule has 0 fully saturated rings. The lowest BCUT2D eigenvalue weighted by Gasteiger charge is -2.22. The van der Waals surface area contributed by atoms with E-state index in [-0.39, 0.29) is 19.6 Å². The van der Waals surface area contributed by atoms with Crippen molar-refractivity contribution in [3.05, 3.63) is 36.4 Å². The molecule has 1 aliphatic rings. The summed E-state index contributed by atoms with van der Waals surface area (Å²) in [4.78, 5) is -2.73. The zero-order valence-corrected chi connectivity index (χ0v) is 14.7. The highest BCUT2D eigenvalue weighted by molar-refractivity contribution is 8.03. The Morgan fingerprint density at radius 1 is 0.750 bits per heavy atom. The van der Waals surface area contributed by atoms with Gasteiger partial charge in [0, 0.05) is 0 Å². The summed E-state index contributed by atoms with van der Waals surface area (Å²) in [6.07, 6.45) is 0. The molecule has 1 aliphatic heterocycles. The van der Waals surface area contributed by atoms with Gasteiger partial charge in [0.25, 0.3) is 20.2 Å². The smallest absolute Gasteiger partial charge is 0.282 e. The lowest BCUT2D eigenvalue weighted by Crippen LogP contribution is -2.14. The van der Waals surface area contributed by atoms with E-state index in [2.05, 4.69) is 0 Å². The minimum absolute atomic E-state index is 0.330. The standard InChI is InChI=1S/C12H8O8S4/c13-22(14)7-3-1-5-9(23(15,16)17)11(7)21-12-8(22)4-2-6-10(12)24(18,19)20/h1-6H,(H,15,16,17)(H,18,19,20). The van der Waals surface area contributed by atoms with Gasteiger partial charge in [-0.15, -0.1) is 0 Å². The Morgan fingerprint density at radius 2 is 1.12 bits per heavy atom. The third-order valence-corrected chi connectivity index (χ3v) is 8.66. The Balaban J connectivity index is 2.46. The average Bonchev–Trinajstić information content (AvgIpc) is 2.44. The highest BCUT2D eigenvalue weighted by atomic mass is 32.2. The normalized spacial score (nSPS) is 16.2. The molecule has 0 aliphatic carbocycles. The molecule has 0 radical (unpaired) electrons. The molecule has 0 aromatic heterocycles. The first-order valence-electron chi connectivity index (χ1n) is 6.08. The Kier molecular flexibility index (Phi) is 3.82. The van der Waals surface area contributed by atoms with Gasteiger partial charge < -0.3 is 0 Å². The van der Waals surface area contributed by atoms with Gasteiger partial charge in [-0.3, -0.25) is 9.11 Å². The summed E-state index contributed by atoms with van der Waals surface area (Å²) < 4.78 is 89.9. The fourth-order valence-electron chi connectivity index (χ4n) is 2.24. The maximum atomic E-state index is 12.7. The van der Waals surface area contributed by atoms with Gasteiger partial charge in [0.1, 0.15) is 9.79 Å². The van der Waals surface area contributed by atoms with Crippen molar-refractivity contribution in [1.82, 2.24) is 0 Å². The van der Waals surface area contributed by atoms with Crippen molar-refractivity contribution in [2.45, 2.75) is 29.4 Å². The fourth-order valence-corrected chi connectivity index (χ4v) is 7.69. The number of fused-ring (bicyclic) bond motifs is 2. The lowest BCUT2D eigenvalue weighted by molar-refractivity contribution is 0.479. The first-order chi connectivity index (χ1) is 10.9. The van der Waals surface area contributed by atoms with Crippen molar-refractivity contribution in [3.63, 3.8) is 0 Å². The molecule has 0 saturated carbocycles. The molecule has 0 atom stereocenters. The Hall–Kier alpha value is -1.44. The van der Waals surface area contributed by atoms with Crippen molar-refractivity contribution in [2.24, 2.45) is 0 Å². The van der Waals surface area contributed by atoms with Crippen molar-refractivity contribution >= 4 is 41.8 Å². The van der Waals surface area contributed by atoms with Crippen molar-refractivity contribution in [2.75, 3.05) is 0 Å². The van der Waals surface area contributed by atoms with Crippen molar-refractivity contribution < 1.29 is 34.4 Å². The monoisotopic (exact) mass is 408 g/mol. The number of hydrogen-bond acceptors (Lipinski definition) is 7. The first-order valence-corrected chi connectivity index (χ1v) is 11.3. The predicted octanol–water partition coefficient (Wildman–Crippen LogP) is 1.48. The first kappa shape index (κ1) is 17.4. The number of rotatable bonds is 2. The molecular weight excluding hydrogens is 400 g/mol. The summed E-state index contributed by atoms with van der Waals surface area (Å²) in [6.45, 7) is 0. The third kappa shape index (κ3) is 2.64. The van der Waals surface area contributed by atoms with Crippen LogP contribution < -0.4 is 0 Å². The van der Waals surface area contributed by atoms with E-state index in [0.717, 1.165) is 36.4 Å². The average molecular weight is 408 g/mol. The van der Waals surface area contributed by atoms with E-state index < -0.39 is 39.9 Å². The van der Waals surface area contributed by atoms with Crippen LogP contribution in [0.1, 0.15) is 0 Å². The largest absolute Gasteiger partial charge is 0.295 e. The number of sulfone groups is 1. The highest BCUT2D eigenvalue weighted by Gasteiger charge is 2.36. The van der Waals surface area contributed by atoms with Crippen LogP contribution in [-0.4, -0.2) is 34.4 Å². The molecular formula is C12H8O8S4. The van der Waals surface area contributed by atoms with Crippen LogP contribution in [0.3, 0.4) is 0 Å². The topological polar surface area (TPSA) is 143 Å². The van der Waals surface area contributed by atoms with Crippen LogP contribution in [0.5, 0.6) is 0 Å². The zero-order chi connectivity index (χ0) is 17.9. The van der Waals surface area contributed by atoms with Crippen molar-refractivity contribution in [1.29, 1.82) is 0 Å². The number of hydrogen-bond donors (Lipinski definition) is 2. The predicted molar refractivity (Wildman–Crippen MR) is 82.1 cm³/mol. The van der Waals surface area contributed by atoms with Crippen LogP contribution in [0.2, 0.25) is 0 Å². The van der Waals surface area contributed by atoms with Gasteiger partial charge in [0.2, 0.25) is 9.84 Å². The summed E-state index contributed by atoms with van der Waals surface area (Å²) in [7, 11) is -13.7. The minimum atomic E-state index is -4.74. The number of benzene rings is 2. The van der Waals surface area contributed by atoms with E-state index in [4.69, 9.17) is 0 Å². The quantitative estimate of drug-likeness (QED) is 0.603. The second-order valence-corrected chi connectivity index (χ2v) is 10.4. The van der Waals surface area contributed by atoms with E-state index in [9.17, 15) is 34.4 Å². The van der Waals surface area contributed by atoms with Gasteiger partial charge in [-0.25, -0.2) is 8.42 Å². The van der Waals surface area contributed by atoms with Crippen LogP contribution in [0.25, 0.3) is 0 Å². The van der Waals surface area contributed by atoms with Gasteiger partial charge >= 0.3 is 0 Å². The second-order valence-electron chi connectivity index (χ2n) is 4.72. The Bertz CT molecular complexity index is 1090. The molecule has 0 saturated heterocycles. The van der Waals surface area contributed by atoms with Crippen LogP contribution in [0.4, 0.5) is 0 Å². The summed E-state index contributed by atoms with van der Waals surface area (Å²) in [6, 6.07) is 6.59. The van der Waals surface area contributed by atoms with E-state index in [1.165, 1.54) is 0 Å². The van der Waals surface area contributed by atoms with Crippen LogP contribution in [-0.2, 0) is 30.1 Å². The second kappa shape index (κ2) is 5.28. The Labute approximate surface area is 141 Å². The summed E-state index contributed by atoms with van der Waals surface area (Å²) in [5.74, 6) is 0. The molecule has 0 bridgehead atoms. The molecule has 12 heteroatoms. The third-order valence-electron chi connectivity index (χ3n) is 3.22. The molecule has 2 aromatic carbocycles. The summed E-state index contributed by atoms with van der Waals surface area (Å²) in [5.41, 5.74) is 0. The molecule has 8 nitrogen and oxygen atoms in total. The van der Waals surface area contributed by atoms with E-state index in [0.29, 0.717) is 11.8 Å². The van der Waals surface area contributed by atoms with Gasteiger partial charge in [-0.05, 0) is 24.3 Å². The fraction of sp³-hybridized carbons (Fsp3) is 0. The van der Waals surface area contributed by atoms with Crippen LogP contribution in [0.15, 0.2) is 65.8 Å². The summed E-state index contributed by atoms with van der Waals surface area (Å²) in [5, 5.41) is 0. The SMILES string of the molecule is O=S(=O)(O)c1cccc2c1Sc1c(S(=O)(=O)O)cccc1S2(=O)=O. The van der Waals surface area contributed by atoms with Gasteiger partial charge in [0.05, 0.1) is 19.6 Å². The molecule has 0 amide bonds. The molecule has 128 valence electrons. The van der Waals surface area contributed by atoms with Gasteiger partial charge in [-0.1, -0.05) is 23.9 Å². The van der Waals surface area contributed by atoms with E-state index in [1.807, 2.05) is 0 Å². The van der Waals surface area contributed by atoms with E-state index >= 15 is 0 Å². The zero-order valence-electron chi connectivity index (χ0n) is 11.4. The van der Waals surface area contributed by atoms with Crippen LogP contribution in [0, 0.1) is 0 Å². The maximum absolute atomic E-state index is 12.7. The Morgan fingerprint density at radius 3 is 1.46 bits per heavy atom. The van der Waals surface area contributed by atoms with Gasteiger partial charge in [-0.2, -0.15) is 16.8 Å². The molecule has 2 aromatic rings. The van der Waals surface area contributed by atoms with Gasteiger partial charge in [0.15, 0.2) is 0 Å². The maximum Gasteiger partial charge on any atom is 0.295 e. The van der Waals surface area contributed by atoms with Crippen LogP contribution >= 0.6 is 11.8 Å².